The first kappa shape index (κ1) is 18.8. The topological polar surface area (TPSA) is 102 Å². The number of amides is 4. The Morgan fingerprint density at radius 1 is 1.44 bits per heavy atom. The Balaban J connectivity index is 1.79. The van der Waals surface area contributed by atoms with Crippen molar-refractivity contribution < 1.29 is 23.2 Å². The van der Waals surface area contributed by atoms with Gasteiger partial charge in [0.15, 0.2) is 0 Å². The van der Waals surface area contributed by atoms with Gasteiger partial charge in [-0.05, 0) is 50.8 Å². The smallest absolute Gasteiger partial charge is 0.325 e. The molecule has 1 aromatic rings. The molecule has 27 heavy (non-hydrogen) atoms. The maximum absolute atomic E-state index is 14.1. The van der Waals surface area contributed by atoms with E-state index in [0.717, 1.165) is 31.0 Å². The predicted octanol–water partition coefficient (Wildman–Crippen LogP) is 1.54. The van der Waals surface area contributed by atoms with E-state index < -0.39 is 47.1 Å². The molecule has 1 aliphatic carbocycles. The third kappa shape index (κ3) is 3.23. The van der Waals surface area contributed by atoms with Crippen molar-refractivity contribution in [1.29, 1.82) is 5.26 Å². The Morgan fingerprint density at radius 3 is 2.70 bits per heavy atom. The van der Waals surface area contributed by atoms with Gasteiger partial charge in [-0.3, -0.25) is 14.5 Å². The van der Waals surface area contributed by atoms with Crippen molar-refractivity contribution in [3.05, 3.63) is 35.4 Å². The molecular weight excluding hydrogens is 358 g/mol. The third-order valence-electron chi connectivity index (χ3n) is 5.07. The number of nitriles is 1. The monoisotopic (exact) mass is 376 g/mol. The van der Waals surface area contributed by atoms with Crippen LogP contribution in [0.1, 0.15) is 32.3 Å². The quantitative estimate of drug-likeness (QED) is 0.761. The minimum absolute atomic E-state index is 0.0289. The minimum atomic E-state index is -1.83. The zero-order valence-corrected chi connectivity index (χ0v) is 14.8. The number of nitrogens with one attached hydrogen (secondary N) is 2. The number of rotatable bonds is 5. The maximum atomic E-state index is 14.1. The van der Waals surface area contributed by atoms with Gasteiger partial charge in [0, 0.05) is 5.56 Å². The second kappa shape index (κ2) is 6.30. The molecule has 4 amide bonds. The highest BCUT2D eigenvalue weighted by Crippen LogP contribution is 2.39. The van der Waals surface area contributed by atoms with Crippen LogP contribution < -0.4 is 10.6 Å². The fraction of sp³-hybridized carbons (Fsp3) is 0.444. The van der Waals surface area contributed by atoms with E-state index in [1.807, 2.05) is 6.07 Å². The largest absolute Gasteiger partial charge is 0.336 e. The van der Waals surface area contributed by atoms with E-state index in [1.54, 1.807) is 6.92 Å². The number of hydrogen-bond donors (Lipinski definition) is 2. The van der Waals surface area contributed by atoms with E-state index >= 15 is 0 Å². The van der Waals surface area contributed by atoms with E-state index in [-0.39, 0.29) is 11.5 Å². The summed E-state index contributed by atoms with van der Waals surface area (Å²) in [7, 11) is 0. The fourth-order valence-electron chi connectivity index (χ4n) is 3.26. The highest BCUT2D eigenvalue weighted by molar-refractivity contribution is 6.09. The standard InChI is InChI=1S/C18H18F2N4O3/c1-17(9-21,10-3-4-10)22-14(25)8-24-15(26)18(2,23-16(24)27)12-7-11(19)5-6-13(12)20/h5-7,10H,3-4,8H2,1-2H3,(H,22,25)(H,23,27)/t17-,18+/m1/s1. The van der Waals surface area contributed by atoms with Gasteiger partial charge >= 0.3 is 6.03 Å². The fourth-order valence-corrected chi connectivity index (χ4v) is 3.26. The molecule has 3 rings (SSSR count). The molecule has 1 heterocycles. The highest BCUT2D eigenvalue weighted by Gasteiger charge is 2.51. The van der Waals surface area contributed by atoms with Crippen LogP contribution in [-0.4, -0.2) is 34.8 Å². The molecular formula is C18H18F2N4O3. The van der Waals surface area contributed by atoms with Crippen molar-refractivity contribution in [2.75, 3.05) is 6.54 Å². The number of hydrogen-bond acceptors (Lipinski definition) is 4. The SMILES string of the molecule is C[C@](C#N)(NC(=O)CN1C(=O)N[C@@](C)(c2cc(F)ccc2F)C1=O)C1CC1. The van der Waals surface area contributed by atoms with E-state index in [1.165, 1.54) is 6.92 Å². The first-order valence-electron chi connectivity index (χ1n) is 8.42. The van der Waals surface area contributed by atoms with Gasteiger partial charge < -0.3 is 10.6 Å². The Morgan fingerprint density at radius 2 is 2.11 bits per heavy atom. The molecule has 0 radical (unpaired) electrons. The van der Waals surface area contributed by atoms with Gasteiger partial charge in [-0.1, -0.05) is 0 Å². The molecule has 0 bridgehead atoms. The van der Waals surface area contributed by atoms with Gasteiger partial charge in [-0.15, -0.1) is 0 Å². The molecule has 0 aromatic heterocycles. The number of imide groups is 1. The van der Waals surface area contributed by atoms with Gasteiger partial charge in [0.25, 0.3) is 5.91 Å². The van der Waals surface area contributed by atoms with Crippen LogP contribution in [0.2, 0.25) is 0 Å². The molecule has 2 aliphatic rings. The number of carbonyl (C=O) groups is 3. The Hall–Kier alpha value is -3.02. The molecule has 1 saturated heterocycles. The molecule has 1 aliphatic heterocycles. The lowest BCUT2D eigenvalue weighted by Gasteiger charge is -2.25. The molecule has 142 valence electrons. The van der Waals surface area contributed by atoms with Crippen molar-refractivity contribution in [3.63, 3.8) is 0 Å². The number of benzene rings is 1. The maximum Gasteiger partial charge on any atom is 0.325 e. The zero-order valence-electron chi connectivity index (χ0n) is 14.8. The molecule has 1 saturated carbocycles. The van der Waals surface area contributed by atoms with Crippen LogP contribution in [0.5, 0.6) is 0 Å². The molecule has 2 fully saturated rings. The van der Waals surface area contributed by atoms with Gasteiger partial charge in [-0.25, -0.2) is 13.6 Å². The van der Waals surface area contributed by atoms with Gasteiger partial charge in [0.1, 0.15) is 29.3 Å². The van der Waals surface area contributed by atoms with Crippen molar-refractivity contribution in [1.82, 2.24) is 15.5 Å². The van der Waals surface area contributed by atoms with Crippen LogP contribution >= 0.6 is 0 Å². The number of carbonyl (C=O) groups excluding carboxylic acids is 3. The summed E-state index contributed by atoms with van der Waals surface area (Å²) in [4.78, 5) is 37.9. The summed E-state index contributed by atoms with van der Waals surface area (Å²) in [5, 5.41) is 14.2. The van der Waals surface area contributed by atoms with E-state index in [2.05, 4.69) is 10.6 Å². The summed E-state index contributed by atoms with van der Waals surface area (Å²) >= 11 is 0. The Kier molecular flexibility index (Phi) is 4.38. The summed E-state index contributed by atoms with van der Waals surface area (Å²) in [5.41, 5.74) is -3.24. The minimum Gasteiger partial charge on any atom is -0.336 e. The second-order valence-electron chi connectivity index (χ2n) is 7.21. The Bertz CT molecular complexity index is 880. The highest BCUT2D eigenvalue weighted by atomic mass is 19.1. The number of halogens is 2. The molecule has 9 heteroatoms. The van der Waals surface area contributed by atoms with Crippen molar-refractivity contribution in [2.45, 2.75) is 37.8 Å². The summed E-state index contributed by atoms with van der Waals surface area (Å²) in [6.45, 7) is 2.20. The van der Waals surface area contributed by atoms with Gasteiger partial charge in [-0.2, -0.15) is 5.26 Å². The molecule has 0 spiro atoms. The van der Waals surface area contributed by atoms with E-state index in [9.17, 15) is 28.4 Å². The summed E-state index contributed by atoms with van der Waals surface area (Å²) in [5.74, 6) is -3.15. The van der Waals surface area contributed by atoms with Crippen molar-refractivity contribution >= 4 is 17.8 Å². The zero-order chi connectivity index (χ0) is 20.0. The van der Waals surface area contributed by atoms with Crippen LogP contribution in [0.4, 0.5) is 13.6 Å². The van der Waals surface area contributed by atoms with E-state index in [0.29, 0.717) is 4.90 Å². The number of nitrogens with zero attached hydrogens (tertiary/aromatic N) is 2. The van der Waals surface area contributed by atoms with Crippen molar-refractivity contribution in [3.8, 4) is 6.07 Å². The number of urea groups is 1. The average molecular weight is 376 g/mol. The predicted molar refractivity (Wildman–Crippen MR) is 88.8 cm³/mol. The second-order valence-corrected chi connectivity index (χ2v) is 7.21. The molecule has 2 N–H and O–H groups in total. The van der Waals surface area contributed by atoms with Crippen LogP contribution in [0.25, 0.3) is 0 Å². The third-order valence-corrected chi connectivity index (χ3v) is 5.07. The summed E-state index contributed by atoms with van der Waals surface area (Å²) in [6, 6.07) is 3.74. The van der Waals surface area contributed by atoms with Crippen molar-refractivity contribution in [2.24, 2.45) is 5.92 Å². The van der Waals surface area contributed by atoms with Crippen LogP contribution in [0, 0.1) is 28.9 Å². The average Bonchev–Trinajstić information content (AvgIpc) is 3.43. The van der Waals surface area contributed by atoms with Gasteiger partial charge in [0.05, 0.1) is 6.07 Å². The van der Waals surface area contributed by atoms with Crippen LogP contribution in [-0.2, 0) is 15.1 Å². The summed E-state index contributed by atoms with van der Waals surface area (Å²) < 4.78 is 27.6. The van der Waals surface area contributed by atoms with E-state index in [4.69, 9.17) is 0 Å². The molecule has 0 unspecified atom stereocenters. The normalized spacial score (nSPS) is 24.2. The lowest BCUT2D eigenvalue weighted by atomic mass is 9.91. The van der Waals surface area contributed by atoms with Crippen LogP contribution in [0.3, 0.4) is 0 Å². The van der Waals surface area contributed by atoms with Crippen LogP contribution in [0.15, 0.2) is 18.2 Å². The molecule has 2 atom stereocenters. The first-order chi connectivity index (χ1) is 12.6. The molecule has 1 aromatic carbocycles. The summed E-state index contributed by atoms with van der Waals surface area (Å²) in [6.07, 6.45) is 1.62. The molecule has 7 nitrogen and oxygen atoms in total. The lowest BCUT2D eigenvalue weighted by Crippen LogP contribution is -2.51. The first-order valence-corrected chi connectivity index (χ1v) is 8.42. The van der Waals surface area contributed by atoms with Gasteiger partial charge in [0.2, 0.25) is 5.91 Å². The lowest BCUT2D eigenvalue weighted by molar-refractivity contribution is -0.135. The Labute approximate surface area is 154 Å².